The molecule has 0 saturated heterocycles. The SMILES string of the molecule is COc1ccc(N[C@H](C2=CC=CC2)C(C)(C)C)cc1. The minimum atomic E-state index is 0.178. The predicted molar refractivity (Wildman–Crippen MR) is 81.7 cm³/mol. The Bertz CT molecular complexity index is 477. The Morgan fingerprint density at radius 3 is 2.32 bits per heavy atom. The van der Waals surface area contributed by atoms with Crippen LogP contribution in [-0.4, -0.2) is 13.2 Å². The van der Waals surface area contributed by atoms with Crippen LogP contribution in [0.3, 0.4) is 0 Å². The van der Waals surface area contributed by atoms with Gasteiger partial charge in [0, 0.05) is 5.69 Å². The molecular weight excluding hydrogens is 234 g/mol. The number of rotatable bonds is 4. The largest absolute Gasteiger partial charge is 0.497 e. The number of hydrogen-bond acceptors (Lipinski definition) is 2. The number of anilines is 1. The van der Waals surface area contributed by atoms with Crippen LogP contribution in [0.1, 0.15) is 27.2 Å². The number of nitrogens with one attached hydrogen (secondary N) is 1. The van der Waals surface area contributed by atoms with Crippen molar-refractivity contribution in [3.8, 4) is 5.75 Å². The van der Waals surface area contributed by atoms with Crippen molar-refractivity contribution in [2.24, 2.45) is 5.41 Å². The molecule has 0 spiro atoms. The van der Waals surface area contributed by atoms with Crippen LogP contribution in [-0.2, 0) is 0 Å². The first-order valence-corrected chi connectivity index (χ1v) is 6.77. The van der Waals surface area contributed by atoms with E-state index in [-0.39, 0.29) is 5.41 Å². The van der Waals surface area contributed by atoms with Crippen molar-refractivity contribution in [1.29, 1.82) is 0 Å². The zero-order valence-electron chi connectivity index (χ0n) is 12.2. The second-order valence-electron chi connectivity index (χ2n) is 6.05. The van der Waals surface area contributed by atoms with Crippen LogP contribution >= 0.6 is 0 Å². The molecule has 2 rings (SSSR count). The Morgan fingerprint density at radius 2 is 1.84 bits per heavy atom. The highest BCUT2D eigenvalue weighted by atomic mass is 16.5. The fourth-order valence-corrected chi connectivity index (χ4v) is 2.40. The number of ether oxygens (including phenoxy) is 1. The summed E-state index contributed by atoms with van der Waals surface area (Å²) in [6, 6.07) is 8.46. The second-order valence-corrected chi connectivity index (χ2v) is 6.05. The summed E-state index contributed by atoms with van der Waals surface area (Å²) in [5.74, 6) is 0.889. The summed E-state index contributed by atoms with van der Waals surface area (Å²) in [5, 5.41) is 3.65. The molecule has 1 aliphatic carbocycles. The van der Waals surface area contributed by atoms with Gasteiger partial charge < -0.3 is 10.1 Å². The molecule has 2 nitrogen and oxygen atoms in total. The molecule has 1 atom stereocenters. The van der Waals surface area contributed by atoms with Crippen molar-refractivity contribution < 1.29 is 4.74 Å². The van der Waals surface area contributed by atoms with Crippen LogP contribution in [0.5, 0.6) is 5.75 Å². The van der Waals surface area contributed by atoms with Gasteiger partial charge in [-0.25, -0.2) is 0 Å². The molecule has 0 radical (unpaired) electrons. The molecule has 102 valence electrons. The van der Waals surface area contributed by atoms with E-state index in [4.69, 9.17) is 4.74 Å². The van der Waals surface area contributed by atoms with Gasteiger partial charge in [0.25, 0.3) is 0 Å². The maximum atomic E-state index is 5.19. The summed E-state index contributed by atoms with van der Waals surface area (Å²) in [5.41, 5.74) is 2.76. The zero-order chi connectivity index (χ0) is 13.9. The van der Waals surface area contributed by atoms with Gasteiger partial charge in [-0.3, -0.25) is 0 Å². The van der Waals surface area contributed by atoms with Crippen LogP contribution in [0.2, 0.25) is 0 Å². The zero-order valence-corrected chi connectivity index (χ0v) is 12.2. The van der Waals surface area contributed by atoms with Crippen molar-refractivity contribution >= 4 is 5.69 Å². The standard InChI is InChI=1S/C17H23NO/c1-17(2,3)16(13-7-5-6-8-13)18-14-9-11-15(19-4)12-10-14/h5-7,9-12,16,18H,8H2,1-4H3/t16-/m1/s1. The third kappa shape index (κ3) is 3.40. The summed E-state index contributed by atoms with van der Waals surface area (Å²) in [6.45, 7) is 6.81. The third-order valence-electron chi connectivity index (χ3n) is 3.44. The molecule has 0 unspecified atom stereocenters. The summed E-state index contributed by atoms with van der Waals surface area (Å²) >= 11 is 0. The fourth-order valence-electron chi connectivity index (χ4n) is 2.40. The average molecular weight is 257 g/mol. The molecule has 2 heteroatoms. The van der Waals surface area contributed by atoms with Gasteiger partial charge in [-0.1, -0.05) is 39.0 Å². The molecule has 0 amide bonds. The van der Waals surface area contributed by atoms with Crippen LogP contribution in [0.25, 0.3) is 0 Å². The minimum Gasteiger partial charge on any atom is -0.497 e. The number of hydrogen-bond donors (Lipinski definition) is 1. The number of allylic oxidation sites excluding steroid dienone is 3. The second kappa shape index (κ2) is 5.52. The van der Waals surface area contributed by atoms with Crippen molar-refractivity contribution in [3.05, 3.63) is 48.1 Å². The van der Waals surface area contributed by atoms with E-state index >= 15 is 0 Å². The van der Waals surface area contributed by atoms with Gasteiger partial charge in [-0.15, -0.1) is 0 Å². The molecule has 19 heavy (non-hydrogen) atoms. The van der Waals surface area contributed by atoms with E-state index in [0.717, 1.165) is 17.9 Å². The summed E-state index contributed by atoms with van der Waals surface area (Å²) in [4.78, 5) is 0. The fraction of sp³-hybridized carbons (Fsp3) is 0.412. The Labute approximate surface area is 116 Å². The van der Waals surface area contributed by atoms with Gasteiger partial charge in [0.05, 0.1) is 13.2 Å². The summed E-state index contributed by atoms with van der Waals surface area (Å²) < 4.78 is 5.19. The molecule has 0 fully saturated rings. The Hall–Kier alpha value is -1.70. The molecule has 1 aliphatic rings. The van der Waals surface area contributed by atoms with Gasteiger partial charge in [0.1, 0.15) is 5.75 Å². The first-order chi connectivity index (χ1) is 9.00. The lowest BCUT2D eigenvalue weighted by molar-refractivity contribution is 0.370. The van der Waals surface area contributed by atoms with Gasteiger partial charge in [0.15, 0.2) is 0 Å². The highest BCUT2D eigenvalue weighted by Crippen LogP contribution is 2.32. The maximum absolute atomic E-state index is 5.19. The maximum Gasteiger partial charge on any atom is 0.119 e. The molecule has 1 aromatic rings. The lowest BCUT2D eigenvalue weighted by Crippen LogP contribution is -2.35. The van der Waals surface area contributed by atoms with E-state index in [1.807, 2.05) is 12.1 Å². The Balaban J connectivity index is 2.15. The molecule has 0 aromatic heterocycles. The molecule has 1 N–H and O–H groups in total. The lowest BCUT2D eigenvalue weighted by atomic mass is 9.81. The minimum absolute atomic E-state index is 0.178. The predicted octanol–water partition coefficient (Wildman–Crippen LogP) is 4.41. The first-order valence-electron chi connectivity index (χ1n) is 6.77. The van der Waals surface area contributed by atoms with E-state index < -0.39 is 0 Å². The molecular formula is C17H23NO. The van der Waals surface area contributed by atoms with E-state index in [9.17, 15) is 0 Å². The van der Waals surface area contributed by atoms with Crippen LogP contribution < -0.4 is 10.1 Å². The Kier molecular flexibility index (Phi) is 3.98. The van der Waals surface area contributed by atoms with Crippen molar-refractivity contribution in [3.63, 3.8) is 0 Å². The van der Waals surface area contributed by atoms with E-state index in [2.05, 4.69) is 56.4 Å². The smallest absolute Gasteiger partial charge is 0.119 e. The highest BCUT2D eigenvalue weighted by Gasteiger charge is 2.28. The highest BCUT2D eigenvalue weighted by molar-refractivity contribution is 5.50. The lowest BCUT2D eigenvalue weighted by Gasteiger charge is -2.33. The van der Waals surface area contributed by atoms with Crippen molar-refractivity contribution in [2.45, 2.75) is 33.2 Å². The van der Waals surface area contributed by atoms with E-state index in [1.165, 1.54) is 5.57 Å². The van der Waals surface area contributed by atoms with Gasteiger partial charge in [0.2, 0.25) is 0 Å². The molecule has 0 bridgehead atoms. The quantitative estimate of drug-likeness (QED) is 0.862. The molecule has 1 aromatic carbocycles. The summed E-state index contributed by atoms with van der Waals surface area (Å²) in [7, 11) is 1.69. The van der Waals surface area contributed by atoms with Crippen molar-refractivity contribution in [2.75, 3.05) is 12.4 Å². The van der Waals surface area contributed by atoms with Gasteiger partial charge in [-0.05, 0) is 41.7 Å². The van der Waals surface area contributed by atoms with Crippen LogP contribution in [0.15, 0.2) is 48.1 Å². The average Bonchev–Trinajstić information content (AvgIpc) is 2.88. The monoisotopic (exact) mass is 257 g/mol. The van der Waals surface area contributed by atoms with E-state index in [1.54, 1.807) is 7.11 Å². The topological polar surface area (TPSA) is 21.3 Å². The van der Waals surface area contributed by atoms with Gasteiger partial charge in [-0.2, -0.15) is 0 Å². The van der Waals surface area contributed by atoms with E-state index in [0.29, 0.717) is 6.04 Å². The van der Waals surface area contributed by atoms with Crippen LogP contribution in [0, 0.1) is 5.41 Å². The normalized spacial score (nSPS) is 16.1. The Morgan fingerprint density at radius 1 is 1.16 bits per heavy atom. The molecule has 0 aliphatic heterocycles. The summed E-state index contributed by atoms with van der Waals surface area (Å²) in [6.07, 6.45) is 7.63. The number of benzene rings is 1. The molecule has 0 heterocycles. The number of methoxy groups -OCH3 is 1. The third-order valence-corrected chi connectivity index (χ3v) is 3.44. The first kappa shape index (κ1) is 13.7. The van der Waals surface area contributed by atoms with Crippen LogP contribution in [0.4, 0.5) is 5.69 Å². The van der Waals surface area contributed by atoms with Crippen molar-refractivity contribution in [1.82, 2.24) is 0 Å². The van der Waals surface area contributed by atoms with Gasteiger partial charge >= 0.3 is 0 Å². The molecule has 0 saturated carbocycles.